The fourth-order valence-electron chi connectivity index (χ4n) is 4.18. The van der Waals surface area contributed by atoms with Crippen molar-refractivity contribution in [1.82, 2.24) is 15.2 Å². The van der Waals surface area contributed by atoms with Crippen LogP contribution < -0.4 is 5.32 Å². The van der Waals surface area contributed by atoms with Crippen LogP contribution in [-0.2, 0) is 23.1 Å². The van der Waals surface area contributed by atoms with Gasteiger partial charge in [0.2, 0.25) is 5.91 Å². The number of hydrogen-bond acceptors (Lipinski definition) is 6. The zero-order valence-corrected chi connectivity index (χ0v) is 20.9. The van der Waals surface area contributed by atoms with Crippen LogP contribution in [0.5, 0.6) is 0 Å². The fourth-order valence-corrected chi connectivity index (χ4v) is 4.84. The Kier molecular flexibility index (Phi) is 7.12. The zero-order chi connectivity index (χ0) is 24.3. The van der Waals surface area contributed by atoms with Crippen molar-refractivity contribution in [2.24, 2.45) is 0 Å². The molecule has 0 aliphatic heterocycles. The summed E-state index contributed by atoms with van der Waals surface area (Å²) in [5.74, 6) is 1.64. The van der Waals surface area contributed by atoms with Crippen LogP contribution in [0, 0.1) is 0 Å². The van der Waals surface area contributed by atoms with Gasteiger partial charge in [-0.2, -0.15) is 10.2 Å². The van der Waals surface area contributed by atoms with E-state index in [1.54, 1.807) is 23.9 Å². The number of nitrogens with zero attached hydrogens (tertiary/aromatic N) is 3. The van der Waals surface area contributed by atoms with E-state index in [1.807, 2.05) is 43.3 Å². The Labute approximate surface area is 205 Å². The number of ketones is 1. The molecule has 1 aliphatic carbocycles. The van der Waals surface area contributed by atoms with Crippen molar-refractivity contribution >= 4 is 29.3 Å². The van der Waals surface area contributed by atoms with Gasteiger partial charge < -0.3 is 5.32 Å². The number of benzene rings is 1. The second kappa shape index (κ2) is 10.1. The molecule has 0 radical (unpaired) electrons. The van der Waals surface area contributed by atoms with Crippen molar-refractivity contribution in [3.63, 3.8) is 0 Å². The van der Waals surface area contributed by atoms with Gasteiger partial charge in [0.1, 0.15) is 5.82 Å². The van der Waals surface area contributed by atoms with Crippen molar-refractivity contribution in [2.75, 3.05) is 11.1 Å². The first kappa shape index (κ1) is 24.1. The summed E-state index contributed by atoms with van der Waals surface area (Å²) in [4.78, 5) is 31.7. The number of aromatic nitrogens is 3. The fraction of sp³-hybridized carbons (Fsp3) is 0.370. The number of carbonyl (C=O) groups is 2. The molecule has 1 N–H and O–H groups in total. The van der Waals surface area contributed by atoms with Crippen molar-refractivity contribution < 1.29 is 9.59 Å². The van der Waals surface area contributed by atoms with Crippen molar-refractivity contribution in [1.29, 1.82) is 0 Å². The first-order chi connectivity index (χ1) is 16.3. The molecule has 0 saturated heterocycles. The van der Waals surface area contributed by atoms with Gasteiger partial charge in [-0.3, -0.25) is 9.59 Å². The molecular formula is C27H30N4O2S. The van der Waals surface area contributed by atoms with Crippen LogP contribution in [0.2, 0.25) is 0 Å². The average molecular weight is 475 g/mol. The molecule has 176 valence electrons. The Balaban J connectivity index is 1.45. The highest BCUT2D eigenvalue weighted by atomic mass is 32.2. The Morgan fingerprint density at radius 1 is 1.09 bits per heavy atom. The van der Waals surface area contributed by atoms with Gasteiger partial charge in [-0.25, -0.2) is 4.98 Å². The van der Waals surface area contributed by atoms with Gasteiger partial charge in [0, 0.05) is 10.5 Å². The standard InChI is InChI=1S/C27H30N4O2S/c1-5-34-19-8-6-18(7-9-19)16-25(32)29-24-13-10-20-22(28-24)14-15-27(4,26(20)33)23-12-11-21(17(2)3)30-31-23/h6-13,17H,5,14-16H2,1-4H3,(H,28,29,32). The molecule has 34 heavy (non-hydrogen) atoms. The van der Waals surface area contributed by atoms with Gasteiger partial charge in [0.05, 0.1) is 28.9 Å². The van der Waals surface area contributed by atoms with Crippen molar-refractivity contribution in [2.45, 2.75) is 63.2 Å². The molecule has 0 spiro atoms. The number of pyridine rings is 1. The van der Waals surface area contributed by atoms with E-state index in [4.69, 9.17) is 0 Å². The summed E-state index contributed by atoms with van der Waals surface area (Å²) in [5, 5.41) is 11.6. The third kappa shape index (κ3) is 5.04. The van der Waals surface area contributed by atoms with Crippen LogP contribution in [0.3, 0.4) is 0 Å². The van der Waals surface area contributed by atoms with Gasteiger partial charge in [-0.1, -0.05) is 32.9 Å². The smallest absolute Gasteiger partial charge is 0.229 e. The SMILES string of the molecule is CCSc1ccc(CC(=O)Nc2ccc3c(n2)CCC(C)(c2ccc(C(C)C)nn2)C3=O)cc1. The van der Waals surface area contributed by atoms with E-state index in [9.17, 15) is 9.59 Å². The predicted molar refractivity (Wildman–Crippen MR) is 136 cm³/mol. The maximum Gasteiger partial charge on any atom is 0.229 e. The lowest BCUT2D eigenvalue weighted by Gasteiger charge is -2.32. The normalized spacial score (nSPS) is 17.5. The van der Waals surface area contributed by atoms with Crippen LogP contribution in [0.4, 0.5) is 5.82 Å². The molecule has 0 fully saturated rings. The number of fused-ring (bicyclic) bond motifs is 1. The lowest BCUT2D eigenvalue weighted by atomic mass is 9.71. The Morgan fingerprint density at radius 2 is 1.85 bits per heavy atom. The third-order valence-corrected chi connectivity index (χ3v) is 7.18. The molecule has 1 amide bonds. The lowest BCUT2D eigenvalue weighted by molar-refractivity contribution is -0.115. The molecular weight excluding hydrogens is 444 g/mol. The van der Waals surface area contributed by atoms with E-state index in [1.165, 1.54) is 4.90 Å². The van der Waals surface area contributed by atoms with Crippen molar-refractivity contribution in [3.05, 3.63) is 76.7 Å². The van der Waals surface area contributed by atoms with Gasteiger partial charge in [-0.15, -0.1) is 11.8 Å². The van der Waals surface area contributed by atoms with Gasteiger partial charge in [0.15, 0.2) is 5.78 Å². The number of amides is 1. The van der Waals surface area contributed by atoms with E-state index in [2.05, 4.69) is 41.3 Å². The molecule has 0 saturated carbocycles. The maximum absolute atomic E-state index is 13.4. The van der Waals surface area contributed by atoms with Gasteiger partial charge in [-0.05, 0) is 73.4 Å². The number of anilines is 1. The molecule has 3 aromatic rings. The molecule has 7 heteroatoms. The first-order valence-corrected chi connectivity index (χ1v) is 12.7. The topological polar surface area (TPSA) is 84.8 Å². The first-order valence-electron chi connectivity index (χ1n) is 11.7. The minimum Gasteiger partial charge on any atom is -0.310 e. The summed E-state index contributed by atoms with van der Waals surface area (Å²) in [5.41, 5.74) is 3.12. The molecule has 2 aromatic heterocycles. The molecule has 0 bridgehead atoms. The number of rotatable bonds is 7. The third-order valence-electron chi connectivity index (χ3n) is 6.29. The lowest BCUT2D eigenvalue weighted by Crippen LogP contribution is -2.39. The van der Waals surface area contributed by atoms with Crippen LogP contribution in [0.25, 0.3) is 0 Å². The minimum absolute atomic E-state index is 0.00392. The summed E-state index contributed by atoms with van der Waals surface area (Å²) in [6, 6.07) is 15.4. The minimum atomic E-state index is -0.732. The number of nitrogens with one attached hydrogen (secondary N) is 1. The second-order valence-corrected chi connectivity index (χ2v) is 10.5. The van der Waals surface area contributed by atoms with Crippen molar-refractivity contribution in [3.8, 4) is 0 Å². The number of thioether (sulfide) groups is 1. The number of aryl methyl sites for hydroxylation is 1. The summed E-state index contributed by atoms with van der Waals surface area (Å²) in [6.45, 7) is 8.18. The van der Waals surface area contributed by atoms with Crippen LogP contribution in [-0.4, -0.2) is 32.6 Å². The Morgan fingerprint density at radius 3 is 2.50 bits per heavy atom. The average Bonchev–Trinajstić information content (AvgIpc) is 2.83. The molecule has 1 aromatic carbocycles. The maximum atomic E-state index is 13.4. The van der Waals surface area contributed by atoms with E-state index in [-0.39, 0.29) is 24.0 Å². The molecule has 4 rings (SSSR count). The largest absolute Gasteiger partial charge is 0.310 e. The zero-order valence-electron chi connectivity index (χ0n) is 20.1. The number of Topliss-reactive ketones (excluding diaryl/α,β-unsaturated/α-hetero) is 1. The molecule has 6 nitrogen and oxygen atoms in total. The van der Waals surface area contributed by atoms with E-state index >= 15 is 0 Å². The van der Waals surface area contributed by atoms with E-state index in [0.29, 0.717) is 35.6 Å². The Hall–Kier alpha value is -3.06. The van der Waals surface area contributed by atoms with Gasteiger partial charge in [0.25, 0.3) is 0 Å². The summed E-state index contributed by atoms with van der Waals surface area (Å²) < 4.78 is 0. The molecule has 2 heterocycles. The molecule has 1 aliphatic rings. The highest BCUT2D eigenvalue weighted by Crippen LogP contribution is 2.37. The second-order valence-electron chi connectivity index (χ2n) is 9.15. The highest BCUT2D eigenvalue weighted by molar-refractivity contribution is 7.99. The van der Waals surface area contributed by atoms with E-state index < -0.39 is 5.41 Å². The van der Waals surface area contributed by atoms with Crippen LogP contribution in [0.15, 0.2) is 53.4 Å². The van der Waals surface area contributed by atoms with Crippen LogP contribution >= 0.6 is 11.8 Å². The van der Waals surface area contributed by atoms with Gasteiger partial charge >= 0.3 is 0 Å². The number of hydrogen-bond donors (Lipinski definition) is 1. The molecule has 1 unspecified atom stereocenters. The van der Waals surface area contributed by atoms with E-state index in [0.717, 1.165) is 17.0 Å². The summed E-state index contributed by atoms with van der Waals surface area (Å²) >= 11 is 1.77. The van der Waals surface area contributed by atoms with Crippen LogP contribution in [0.1, 0.15) is 73.0 Å². The summed E-state index contributed by atoms with van der Waals surface area (Å²) in [6.07, 6.45) is 1.50. The molecule has 1 atom stereocenters. The quantitative estimate of drug-likeness (QED) is 0.463. The Bertz CT molecular complexity index is 1190. The summed E-state index contributed by atoms with van der Waals surface area (Å²) in [7, 11) is 0. The predicted octanol–water partition coefficient (Wildman–Crippen LogP) is 5.38. The monoisotopic (exact) mass is 474 g/mol. The number of carbonyl (C=O) groups excluding carboxylic acids is 2. The highest BCUT2D eigenvalue weighted by Gasteiger charge is 2.42.